The van der Waals surface area contributed by atoms with Crippen LogP contribution in [0.15, 0.2) is 37.2 Å². The molecule has 1 fully saturated rings. The molecule has 0 atom stereocenters. The lowest BCUT2D eigenvalue weighted by molar-refractivity contribution is -0.0801. The third-order valence-corrected chi connectivity index (χ3v) is 5.45. The van der Waals surface area contributed by atoms with Crippen LogP contribution >= 0.6 is 11.8 Å². The Labute approximate surface area is 171 Å². The Bertz CT molecular complexity index is 1110. The number of likely N-dealkylation sites (tertiary alicyclic amines) is 1. The largest absolute Gasteiger partial charge is 0.446 e. The Kier molecular flexibility index (Phi) is 5.42. The third kappa shape index (κ3) is 4.00. The Morgan fingerprint density at radius 3 is 2.77 bits per heavy atom. The van der Waals surface area contributed by atoms with Gasteiger partial charge in [0.25, 0.3) is 6.43 Å². The minimum Gasteiger partial charge on any atom is -0.388 e. The van der Waals surface area contributed by atoms with Gasteiger partial charge in [0, 0.05) is 25.4 Å². The number of nitrogens with zero attached hydrogens (tertiary/aromatic N) is 5. The summed E-state index contributed by atoms with van der Waals surface area (Å²) in [5.41, 5.74) is -1.50. The molecule has 1 aliphatic heterocycles. The molecule has 3 heterocycles. The van der Waals surface area contributed by atoms with Crippen LogP contribution in [0.4, 0.5) is 13.2 Å². The van der Waals surface area contributed by atoms with Crippen molar-refractivity contribution in [2.75, 3.05) is 25.4 Å². The van der Waals surface area contributed by atoms with E-state index < -0.39 is 29.2 Å². The van der Waals surface area contributed by atoms with Gasteiger partial charge >= 0.3 is 5.76 Å². The summed E-state index contributed by atoms with van der Waals surface area (Å²) >= 11 is 1.28. The van der Waals surface area contributed by atoms with E-state index in [1.165, 1.54) is 11.8 Å². The van der Waals surface area contributed by atoms with E-state index in [0.717, 1.165) is 22.8 Å². The Hall–Kier alpha value is -2.64. The highest BCUT2D eigenvalue weighted by molar-refractivity contribution is 7.99. The first kappa shape index (κ1) is 20.6. The van der Waals surface area contributed by atoms with Crippen LogP contribution in [0.3, 0.4) is 0 Å². The van der Waals surface area contributed by atoms with Crippen molar-refractivity contribution in [3.05, 3.63) is 40.1 Å². The zero-order valence-electron chi connectivity index (χ0n) is 15.6. The average molecular weight is 443 g/mol. The molecule has 13 heteroatoms. The SMILES string of the molecule is CC1(O)CN(CCSc2nonc2-c2noc(=O)n2-c2ccc(F)c(C(F)F)c2)C1. The number of hydrogen-bond acceptors (Lipinski definition) is 9. The molecular weight excluding hydrogens is 427 g/mol. The molecule has 3 aromatic rings. The van der Waals surface area contributed by atoms with E-state index in [4.69, 9.17) is 4.63 Å². The van der Waals surface area contributed by atoms with E-state index in [2.05, 4.69) is 24.9 Å². The number of benzene rings is 1. The second-order valence-electron chi connectivity index (χ2n) is 7.09. The van der Waals surface area contributed by atoms with Crippen LogP contribution in [0.2, 0.25) is 0 Å². The Balaban J connectivity index is 1.58. The smallest absolute Gasteiger partial charge is 0.388 e. The second kappa shape index (κ2) is 7.89. The predicted octanol–water partition coefficient (Wildman–Crippen LogP) is 2.11. The van der Waals surface area contributed by atoms with E-state index in [9.17, 15) is 23.1 Å². The van der Waals surface area contributed by atoms with Crippen LogP contribution in [0.5, 0.6) is 0 Å². The summed E-state index contributed by atoms with van der Waals surface area (Å²) in [6, 6.07) is 2.83. The predicted molar refractivity (Wildman–Crippen MR) is 98.1 cm³/mol. The number of rotatable bonds is 7. The summed E-state index contributed by atoms with van der Waals surface area (Å²) in [6.07, 6.45) is -3.06. The van der Waals surface area contributed by atoms with E-state index in [0.29, 0.717) is 30.4 Å². The van der Waals surface area contributed by atoms with Crippen molar-refractivity contribution < 1.29 is 27.4 Å². The zero-order chi connectivity index (χ0) is 21.5. The van der Waals surface area contributed by atoms with Crippen LogP contribution in [-0.4, -0.2) is 61.0 Å². The Morgan fingerprint density at radius 1 is 1.30 bits per heavy atom. The van der Waals surface area contributed by atoms with Gasteiger partial charge in [0.05, 0.1) is 16.9 Å². The molecule has 1 N–H and O–H groups in total. The molecular formula is C17H16F3N5O4S. The standard InChI is InChI=1S/C17H16F3N5O4S/c1-17(27)7-24(8-17)4-5-30-15-12(21-29-23-15)14-22-28-16(26)25(14)9-2-3-11(18)10(6-9)13(19)20/h2-3,6,13,27H,4-5,7-8H2,1H3. The lowest BCUT2D eigenvalue weighted by Gasteiger charge is -2.44. The normalized spacial score (nSPS) is 16.2. The molecule has 9 nitrogen and oxygen atoms in total. The van der Waals surface area contributed by atoms with Gasteiger partial charge in [-0.1, -0.05) is 16.9 Å². The Morgan fingerprint density at radius 2 is 2.07 bits per heavy atom. The lowest BCUT2D eigenvalue weighted by Crippen LogP contribution is -2.60. The highest BCUT2D eigenvalue weighted by Gasteiger charge is 2.36. The summed E-state index contributed by atoms with van der Waals surface area (Å²) in [6.45, 7) is 3.57. The molecule has 0 amide bonds. The van der Waals surface area contributed by atoms with Crippen LogP contribution < -0.4 is 5.76 Å². The van der Waals surface area contributed by atoms with Crippen molar-refractivity contribution >= 4 is 11.8 Å². The molecule has 160 valence electrons. The fraction of sp³-hybridized carbons (Fsp3) is 0.412. The third-order valence-electron chi connectivity index (χ3n) is 4.52. The molecule has 30 heavy (non-hydrogen) atoms. The average Bonchev–Trinajstić information content (AvgIpc) is 3.26. The maximum atomic E-state index is 13.6. The van der Waals surface area contributed by atoms with Gasteiger partial charge in [0.2, 0.25) is 5.82 Å². The van der Waals surface area contributed by atoms with E-state index in [1.807, 2.05) is 0 Å². The van der Waals surface area contributed by atoms with Crippen molar-refractivity contribution in [3.8, 4) is 17.2 Å². The van der Waals surface area contributed by atoms with Gasteiger partial charge < -0.3 is 5.11 Å². The number of β-amino-alcohol motifs (C(OH)–C–C–N with tert-alkyl or cyclic N) is 1. The van der Waals surface area contributed by atoms with Crippen molar-refractivity contribution in [2.24, 2.45) is 0 Å². The van der Waals surface area contributed by atoms with Gasteiger partial charge in [-0.15, -0.1) is 0 Å². The monoisotopic (exact) mass is 443 g/mol. The quantitative estimate of drug-likeness (QED) is 0.549. The molecule has 1 aromatic carbocycles. The van der Waals surface area contributed by atoms with Crippen LogP contribution in [0, 0.1) is 5.82 Å². The number of alkyl halides is 2. The molecule has 1 saturated heterocycles. The molecule has 0 saturated carbocycles. The maximum Gasteiger partial charge on any atom is 0.446 e. The fourth-order valence-electron chi connectivity index (χ4n) is 3.22. The summed E-state index contributed by atoms with van der Waals surface area (Å²) in [5.74, 6) is -1.57. The summed E-state index contributed by atoms with van der Waals surface area (Å²) < 4.78 is 50.0. The molecule has 4 rings (SSSR count). The van der Waals surface area contributed by atoms with E-state index in [1.54, 1.807) is 6.92 Å². The summed E-state index contributed by atoms with van der Waals surface area (Å²) in [7, 11) is 0. The van der Waals surface area contributed by atoms with Gasteiger partial charge in [0.1, 0.15) is 5.82 Å². The minimum absolute atomic E-state index is 0.0605. The van der Waals surface area contributed by atoms with Crippen molar-refractivity contribution in [1.82, 2.24) is 24.9 Å². The lowest BCUT2D eigenvalue weighted by atomic mass is 9.97. The number of thioether (sulfide) groups is 1. The molecule has 0 aliphatic carbocycles. The van der Waals surface area contributed by atoms with Gasteiger partial charge in [-0.05, 0) is 35.4 Å². The van der Waals surface area contributed by atoms with Crippen molar-refractivity contribution in [1.29, 1.82) is 0 Å². The van der Waals surface area contributed by atoms with Crippen LogP contribution in [0.25, 0.3) is 17.2 Å². The fourth-order valence-corrected chi connectivity index (χ4v) is 4.12. The molecule has 0 unspecified atom stereocenters. The second-order valence-corrected chi connectivity index (χ2v) is 8.17. The van der Waals surface area contributed by atoms with Crippen LogP contribution in [-0.2, 0) is 0 Å². The van der Waals surface area contributed by atoms with Gasteiger partial charge in [-0.2, -0.15) is 0 Å². The van der Waals surface area contributed by atoms with Crippen molar-refractivity contribution in [3.63, 3.8) is 0 Å². The topological polar surface area (TPSA) is 110 Å². The molecule has 0 spiro atoms. The van der Waals surface area contributed by atoms with Crippen LogP contribution in [0.1, 0.15) is 18.9 Å². The first-order valence-corrected chi connectivity index (χ1v) is 9.81. The number of aliphatic hydroxyl groups is 1. The zero-order valence-corrected chi connectivity index (χ0v) is 16.4. The first-order valence-electron chi connectivity index (χ1n) is 8.82. The molecule has 0 radical (unpaired) electrons. The van der Waals surface area contributed by atoms with Gasteiger partial charge in [-0.3, -0.25) is 9.42 Å². The number of hydrogen-bond donors (Lipinski definition) is 1. The first-order chi connectivity index (χ1) is 14.2. The number of aromatic nitrogens is 4. The van der Waals surface area contributed by atoms with Gasteiger partial charge in [-0.25, -0.2) is 27.2 Å². The highest BCUT2D eigenvalue weighted by Crippen LogP contribution is 2.30. The summed E-state index contributed by atoms with van der Waals surface area (Å²) in [5, 5.41) is 21.3. The number of halogens is 3. The molecule has 0 bridgehead atoms. The van der Waals surface area contributed by atoms with E-state index >= 15 is 0 Å². The van der Waals surface area contributed by atoms with Gasteiger partial charge in [0.15, 0.2) is 10.7 Å². The van der Waals surface area contributed by atoms with Crippen molar-refractivity contribution in [2.45, 2.75) is 24.0 Å². The highest BCUT2D eigenvalue weighted by atomic mass is 32.2. The molecule has 2 aromatic heterocycles. The maximum absolute atomic E-state index is 13.6. The minimum atomic E-state index is -3.06. The molecule has 1 aliphatic rings. The van der Waals surface area contributed by atoms with E-state index in [-0.39, 0.29) is 17.2 Å². The summed E-state index contributed by atoms with van der Waals surface area (Å²) in [4.78, 5) is 14.2.